The van der Waals surface area contributed by atoms with Crippen LogP contribution in [-0.4, -0.2) is 11.0 Å². The predicted octanol–water partition coefficient (Wildman–Crippen LogP) is 5.54. The Morgan fingerprint density at radius 2 is 2.05 bits per heavy atom. The second-order valence-corrected chi connectivity index (χ2v) is 6.83. The lowest BCUT2D eigenvalue weighted by Gasteiger charge is -2.39. The maximum absolute atomic E-state index is 9.61. The second kappa shape index (κ2) is 7.36. The molecule has 1 nitrogen and oxygen atoms in total. The van der Waals surface area contributed by atoms with E-state index in [0.717, 1.165) is 18.2 Å². The van der Waals surface area contributed by atoms with Crippen molar-refractivity contribution in [3.05, 3.63) is 29.8 Å². The molecule has 0 radical (unpaired) electrons. The van der Waals surface area contributed by atoms with Gasteiger partial charge in [-0.2, -0.15) is 0 Å². The zero-order chi connectivity index (χ0) is 14.4. The standard InChI is InChI=1S/C18H27ClO/c1-2-3-5-15-8-10-18(14-19,11-9-15)13-16-6-4-7-17(20)12-16/h4,6-7,12,15,20H,2-3,5,8-11,13-14H2,1H3. The fraction of sp³-hybridized carbons (Fsp3) is 0.667. The highest BCUT2D eigenvalue weighted by Crippen LogP contribution is 2.43. The molecule has 0 unspecified atom stereocenters. The number of hydrogen-bond donors (Lipinski definition) is 1. The van der Waals surface area contributed by atoms with Crippen molar-refractivity contribution in [1.82, 2.24) is 0 Å². The van der Waals surface area contributed by atoms with Crippen molar-refractivity contribution in [1.29, 1.82) is 0 Å². The molecule has 1 aliphatic carbocycles. The van der Waals surface area contributed by atoms with E-state index < -0.39 is 0 Å². The lowest BCUT2D eigenvalue weighted by atomic mass is 9.68. The van der Waals surface area contributed by atoms with E-state index in [0.29, 0.717) is 5.75 Å². The Kier molecular flexibility index (Phi) is 5.77. The monoisotopic (exact) mass is 294 g/mol. The third-order valence-electron chi connectivity index (χ3n) is 4.90. The Balaban J connectivity index is 1.94. The van der Waals surface area contributed by atoms with E-state index in [9.17, 15) is 5.11 Å². The minimum atomic E-state index is 0.248. The lowest BCUT2D eigenvalue weighted by molar-refractivity contribution is 0.166. The van der Waals surface area contributed by atoms with Gasteiger partial charge in [-0.3, -0.25) is 0 Å². The van der Waals surface area contributed by atoms with E-state index in [-0.39, 0.29) is 5.41 Å². The molecule has 0 aromatic heterocycles. The number of hydrogen-bond acceptors (Lipinski definition) is 1. The molecular weight excluding hydrogens is 268 g/mol. The molecule has 20 heavy (non-hydrogen) atoms. The largest absolute Gasteiger partial charge is 0.508 e. The number of phenolic OH excluding ortho intramolecular Hbond substituents is 1. The summed E-state index contributed by atoms with van der Waals surface area (Å²) in [5, 5.41) is 9.61. The molecule has 1 N–H and O–H groups in total. The van der Waals surface area contributed by atoms with E-state index in [1.165, 1.54) is 50.5 Å². The second-order valence-electron chi connectivity index (χ2n) is 6.57. The van der Waals surface area contributed by atoms with Gasteiger partial charge in [-0.15, -0.1) is 11.6 Å². The van der Waals surface area contributed by atoms with Gasteiger partial charge in [-0.1, -0.05) is 38.3 Å². The number of phenols is 1. The van der Waals surface area contributed by atoms with Gasteiger partial charge < -0.3 is 5.11 Å². The van der Waals surface area contributed by atoms with Gasteiger partial charge in [0.25, 0.3) is 0 Å². The van der Waals surface area contributed by atoms with Crippen LogP contribution in [-0.2, 0) is 6.42 Å². The van der Waals surface area contributed by atoms with E-state index >= 15 is 0 Å². The number of rotatable bonds is 6. The summed E-state index contributed by atoms with van der Waals surface area (Å²) >= 11 is 6.32. The van der Waals surface area contributed by atoms with Crippen molar-refractivity contribution in [3.8, 4) is 5.75 Å². The van der Waals surface area contributed by atoms with Gasteiger partial charge in [-0.05, 0) is 61.1 Å². The lowest BCUT2D eigenvalue weighted by Crippen LogP contribution is -2.31. The molecule has 112 valence electrons. The van der Waals surface area contributed by atoms with E-state index in [2.05, 4.69) is 13.0 Å². The molecule has 1 aromatic rings. The van der Waals surface area contributed by atoms with E-state index in [4.69, 9.17) is 11.6 Å². The molecule has 1 aromatic carbocycles. The van der Waals surface area contributed by atoms with Crippen molar-refractivity contribution < 1.29 is 5.11 Å². The average molecular weight is 295 g/mol. The number of alkyl halides is 1. The third kappa shape index (κ3) is 4.15. The highest BCUT2D eigenvalue weighted by Gasteiger charge is 2.34. The third-order valence-corrected chi connectivity index (χ3v) is 5.47. The van der Waals surface area contributed by atoms with Crippen molar-refractivity contribution in [3.63, 3.8) is 0 Å². The fourth-order valence-electron chi connectivity index (χ4n) is 3.53. The molecule has 0 atom stereocenters. The molecule has 1 saturated carbocycles. The van der Waals surface area contributed by atoms with Gasteiger partial charge in [0.2, 0.25) is 0 Å². The number of halogens is 1. The Labute approximate surface area is 128 Å². The van der Waals surface area contributed by atoms with E-state index in [1.54, 1.807) is 6.07 Å². The van der Waals surface area contributed by atoms with Crippen LogP contribution >= 0.6 is 11.6 Å². The summed E-state index contributed by atoms with van der Waals surface area (Å²) in [7, 11) is 0. The van der Waals surface area contributed by atoms with Crippen LogP contribution in [0.4, 0.5) is 0 Å². The van der Waals surface area contributed by atoms with Crippen molar-refractivity contribution in [2.45, 2.75) is 58.3 Å². The van der Waals surface area contributed by atoms with Crippen LogP contribution in [0.2, 0.25) is 0 Å². The SMILES string of the molecule is CCCCC1CCC(CCl)(Cc2cccc(O)c2)CC1. The summed E-state index contributed by atoms with van der Waals surface area (Å²) in [4.78, 5) is 0. The van der Waals surface area contributed by atoms with E-state index in [1.807, 2.05) is 12.1 Å². The van der Waals surface area contributed by atoms with Crippen LogP contribution in [0.1, 0.15) is 57.4 Å². The van der Waals surface area contributed by atoms with Crippen LogP contribution in [0.25, 0.3) is 0 Å². The van der Waals surface area contributed by atoms with Crippen molar-refractivity contribution in [2.75, 3.05) is 5.88 Å². The molecular formula is C18H27ClO. The summed E-state index contributed by atoms with van der Waals surface area (Å²) in [5.74, 6) is 2.02. The maximum atomic E-state index is 9.61. The minimum Gasteiger partial charge on any atom is -0.508 e. The minimum absolute atomic E-state index is 0.248. The van der Waals surface area contributed by atoms with Gasteiger partial charge in [0, 0.05) is 5.88 Å². The Bertz CT molecular complexity index is 408. The smallest absolute Gasteiger partial charge is 0.115 e. The molecule has 2 rings (SSSR count). The molecule has 0 heterocycles. The predicted molar refractivity (Wildman–Crippen MR) is 86.4 cm³/mol. The highest BCUT2D eigenvalue weighted by atomic mass is 35.5. The average Bonchev–Trinajstić information content (AvgIpc) is 2.47. The summed E-state index contributed by atoms with van der Waals surface area (Å²) in [6, 6.07) is 7.66. The zero-order valence-corrected chi connectivity index (χ0v) is 13.3. The van der Waals surface area contributed by atoms with Crippen molar-refractivity contribution in [2.24, 2.45) is 11.3 Å². The molecule has 0 saturated heterocycles. The fourth-order valence-corrected chi connectivity index (χ4v) is 3.89. The van der Waals surface area contributed by atoms with Crippen molar-refractivity contribution >= 4 is 11.6 Å². The van der Waals surface area contributed by atoms with Crippen LogP contribution in [0.15, 0.2) is 24.3 Å². The molecule has 0 aliphatic heterocycles. The number of unbranched alkanes of at least 4 members (excludes halogenated alkanes) is 1. The first-order valence-electron chi connectivity index (χ1n) is 8.01. The van der Waals surface area contributed by atoms with Crippen LogP contribution in [0, 0.1) is 11.3 Å². The van der Waals surface area contributed by atoms with Gasteiger partial charge >= 0.3 is 0 Å². The molecule has 0 amide bonds. The zero-order valence-electron chi connectivity index (χ0n) is 12.6. The van der Waals surface area contributed by atoms with Crippen LogP contribution in [0.3, 0.4) is 0 Å². The highest BCUT2D eigenvalue weighted by molar-refractivity contribution is 6.18. The topological polar surface area (TPSA) is 20.2 Å². The molecule has 0 spiro atoms. The number of aromatic hydroxyl groups is 1. The molecule has 0 bridgehead atoms. The Morgan fingerprint density at radius 1 is 1.30 bits per heavy atom. The van der Waals surface area contributed by atoms with Gasteiger partial charge in [0.1, 0.15) is 5.75 Å². The summed E-state index contributed by atoms with van der Waals surface area (Å²) in [6.07, 6.45) is 10.2. The molecule has 2 heteroatoms. The quantitative estimate of drug-likeness (QED) is 0.683. The van der Waals surface area contributed by atoms with Gasteiger partial charge in [-0.25, -0.2) is 0 Å². The van der Waals surface area contributed by atoms with Crippen LogP contribution < -0.4 is 0 Å². The van der Waals surface area contributed by atoms with Gasteiger partial charge in [0.05, 0.1) is 0 Å². The first-order valence-corrected chi connectivity index (χ1v) is 8.55. The summed E-state index contributed by atoms with van der Waals surface area (Å²) < 4.78 is 0. The normalized spacial score (nSPS) is 26.6. The molecule has 1 aliphatic rings. The van der Waals surface area contributed by atoms with Gasteiger partial charge in [0.15, 0.2) is 0 Å². The molecule has 1 fully saturated rings. The first-order chi connectivity index (χ1) is 9.67. The van der Waals surface area contributed by atoms with Crippen LogP contribution in [0.5, 0.6) is 5.75 Å². The summed E-state index contributed by atoms with van der Waals surface area (Å²) in [6.45, 7) is 2.27. The maximum Gasteiger partial charge on any atom is 0.115 e. The summed E-state index contributed by atoms with van der Waals surface area (Å²) in [5.41, 5.74) is 1.47. The number of benzene rings is 1. The Hall–Kier alpha value is -0.690. The Morgan fingerprint density at radius 3 is 2.65 bits per heavy atom. The first kappa shape index (κ1) is 15.7.